The summed E-state index contributed by atoms with van der Waals surface area (Å²) in [6.45, 7) is 5.79. The first-order valence-electron chi connectivity index (χ1n) is 8.90. The Kier molecular flexibility index (Phi) is 6.52. The van der Waals surface area contributed by atoms with E-state index >= 15 is 0 Å². The molecule has 2 aromatic rings. The second kappa shape index (κ2) is 8.44. The summed E-state index contributed by atoms with van der Waals surface area (Å²) >= 11 is 0. The van der Waals surface area contributed by atoms with E-state index in [2.05, 4.69) is 25.1 Å². The fourth-order valence-electron chi connectivity index (χ4n) is 3.65. The third-order valence-corrected chi connectivity index (χ3v) is 5.41. The molecule has 0 saturated carbocycles. The highest BCUT2D eigenvalue weighted by Crippen LogP contribution is 2.23. The number of hydrogen-bond acceptors (Lipinski definition) is 2. The van der Waals surface area contributed by atoms with E-state index in [1.807, 2.05) is 42.5 Å². The molecule has 0 spiro atoms. The van der Waals surface area contributed by atoms with Crippen molar-refractivity contribution in [1.29, 1.82) is 0 Å². The third kappa shape index (κ3) is 3.80. The number of nitrogens with one attached hydrogen (secondary N) is 2. The van der Waals surface area contributed by atoms with Gasteiger partial charge in [-0.05, 0) is 17.4 Å². The summed E-state index contributed by atoms with van der Waals surface area (Å²) in [5.74, 6) is 2.96. The zero-order valence-electron chi connectivity index (χ0n) is 15.2. The van der Waals surface area contributed by atoms with Crippen molar-refractivity contribution in [2.24, 2.45) is 0 Å². The highest BCUT2D eigenvalue weighted by Gasteiger charge is 2.46. The molecule has 5 heteroatoms. The normalized spacial score (nSPS) is 19.0. The molecule has 0 atom stereocenters. The molecule has 2 aromatic carbocycles. The van der Waals surface area contributed by atoms with Crippen LogP contribution in [0.1, 0.15) is 26.7 Å². The number of ether oxygens (including phenoxy) is 1. The minimum atomic E-state index is -0.403. The van der Waals surface area contributed by atoms with Gasteiger partial charge in [-0.25, -0.2) is 4.79 Å². The number of amides is 1. The number of rotatable bonds is 5. The van der Waals surface area contributed by atoms with Gasteiger partial charge in [-0.1, -0.05) is 50.2 Å². The molecule has 0 aromatic heterocycles. The number of carbonyl (C=O) groups excluding carboxylic acids is 1. The molecular weight excluding hydrogens is 348 g/mol. The van der Waals surface area contributed by atoms with Crippen molar-refractivity contribution in [2.75, 3.05) is 18.4 Å². The van der Waals surface area contributed by atoms with Crippen LogP contribution in [0.4, 0.5) is 10.5 Å². The van der Waals surface area contributed by atoms with Crippen LogP contribution in [0.5, 0.6) is 0 Å². The van der Waals surface area contributed by atoms with Gasteiger partial charge in [0, 0.05) is 18.2 Å². The Morgan fingerprint density at radius 1 is 1.23 bits per heavy atom. The van der Waals surface area contributed by atoms with Crippen LogP contribution in [0.2, 0.25) is 0 Å². The standard InChI is InChI=1S/C21H24N2O2.ClH/c1-4-21(5-2,6-3)23-14-17(15-23)25-20(24)22-19-13-9-11-16-10-7-8-12-18(16)19;/h1,7-13,17H,5-6,14-15H2,2-3H3,(H,22,24);1H. The summed E-state index contributed by atoms with van der Waals surface area (Å²) in [5.41, 5.74) is 0.637. The Labute approximate surface area is 161 Å². The van der Waals surface area contributed by atoms with Gasteiger partial charge < -0.3 is 22.0 Å². The van der Waals surface area contributed by atoms with Gasteiger partial charge in [0.15, 0.2) is 5.54 Å². The minimum absolute atomic E-state index is 0. The number of likely N-dealkylation sites (tertiary alicyclic amines) is 1. The van der Waals surface area contributed by atoms with E-state index in [1.165, 1.54) is 4.90 Å². The number of anilines is 1. The zero-order valence-corrected chi connectivity index (χ0v) is 16.0. The predicted octanol–water partition coefficient (Wildman–Crippen LogP) is -0.149. The Morgan fingerprint density at radius 3 is 2.54 bits per heavy atom. The van der Waals surface area contributed by atoms with E-state index in [1.54, 1.807) is 0 Å². The van der Waals surface area contributed by atoms with Crippen molar-refractivity contribution >= 4 is 22.6 Å². The van der Waals surface area contributed by atoms with Gasteiger partial charge in [0.1, 0.15) is 13.1 Å². The van der Waals surface area contributed by atoms with Crippen LogP contribution in [0, 0.1) is 12.3 Å². The van der Waals surface area contributed by atoms with Gasteiger partial charge in [-0.2, -0.15) is 0 Å². The van der Waals surface area contributed by atoms with Crippen LogP contribution in [0.15, 0.2) is 42.5 Å². The molecule has 1 saturated heterocycles. The molecule has 138 valence electrons. The molecule has 2 N–H and O–H groups in total. The topological polar surface area (TPSA) is 42.8 Å². The number of carbonyl (C=O) groups is 1. The van der Waals surface area contributed by atoms with Crippen LogP contribution in [-0.2, 0) is 4.74 Å². The number of benzene rings is 2. The maximum atomic E-state index is 12.2. The smallest absolute Gasteiger partial charge is 0.412 e. The Hall–Kier alpha value is -2.22. The maximum Gasteiger partial charge on any atom is 0.412 e. The predicted molar refractivity (Wildman–Crippen MR) is 101 cm³/mol. The van der Waals surface area contributed by atoms with E-state index in [4.69, 9.17) is 11.2 Å². The van der Waals surface area contributed by atoms with Crippen molar-refractivity contribution in [3.8, 4) is 12.3 Å². The molecule has 0 bridgehead atoms. The summed E-state index contributed by atoms with van der Waals surface area (Å²) < 4.78 is 5.56. The fraction of sp³-hybridized carbons (Fsp3) is 0.381. The molecule has 1 amide bonds. The van der Waals surface area contributed by atoms with Crippen LogP contribution >= 0.6 is 0 Å². The zero-order chi connectivity index (χ0) is 17.9. The van der Waals surface area contributed by atoms with Crippen molar-refractivity contribution in [2.45, 2.75) is 38.3 Å². The van der Waals surface area contributed by atoms with Crippen molar-refractivity contribution in [3.05, 3.63) is 42.5 Å². The van der Waals surface area contributed by atoms with Crippen molar-refractivity contribution in [1.82, 2.24) is 0 Å². The number of terminal acetylenes is 1. The molecular formula is C21H25ClN2O2. The Bertz CT molecular complexity index is 800. The lowest BCUT2D eigenvalue weighted by Crippen LogP contribution is -3.28. The number of halogens is 1. The highest BCUT2D eigenvalue weighted by atomic mass is 35.5. The SMILES string of the molecule is C#CC(CC)(CC)[NH+]1CC(OC(=O)Nc2cccc3ccccc23)C1.[Cl-]. The molecule has 1 aliphatic rings. The average Bonchev–Trinajstić information content (AvgIpc) is 2.61. The lowest BCUT2D eigenvalue weighted by molar-refractivity contribution is -0.988. The minimum Gasteiger partial charge on any atom is -1.00 e. The first kappa shape index (κ1) is 20.1. The third-order valence-electron chi connectivity index (χ3n) is 5.41. The molecule has 0 aliphatic carbocycles. The number of quaternary nitrogens is 1. The summed E-state index contributed by atoms with van der Waals surface area (Å²) in [7, 11) is 0. The molecule has 26 heavy (non-hydrogen) atoms. The van der Waals surface area contributed by atoms with E-state index in [-0.39, 0.29) is 24.0 Å². The monoisotopic (exact) mass is 372 g/mol. The average molecular weight is 373 g/mol. The largest absolute Gasteiger partial charge is 1.00 e. The molecule has 4 nitrogen and oxygen atoms in total. The molecule has 1 aliphatic heterocycles. The summed E-state index contributed by atoms with van der Waals surface area (Å²) in [4.78, 5) is 13.6. The van der Waals surface area contributed by atoms with Gasteiger partial charge in [0.25, 0.3) is 0 Å². The van der Waals surface area contributed by atoms with Crippen LogP contribution in [0.3, 0.4) is 0 Å². The molecule has 3 rings (SSSR count). The van der Waals surface area contributed by atoms with Crippen molar-refractivity contribution in [3.63, 3.8) is 0 Å². The van der Waals surface area contributed by atoms with Gasteiger partial charge in [0.05, 0.1) is 5.69 Å². The van der Waals surface area contributed by atoms with E-state index in [0.29, 0.717) is 0 Å². The molecule has 0 unspecified atom stereocenters. The second-order valence-corrected chi connectivity index (χ2v) is 6.62. The van der Waals surface area contributed by atoms with Gasteiger partial charge in [-0.3, -0.25) is 5.32 Å². The van der Waals surface area contributed by atoms with Crippen LogP contribution in [-0.4, -0.2) is 30.8 Å². The van der Waals surface area contributed by atoms with Gasteiger partial charge >= 0.3 is 6.09 Å². The number of fused-ring (bicyclic) bond motifs is 1. The number of hydrogen-bond donors (Lipinski definition) is 2. The van der Waals surface area contributed by atoms with Gasteiger partial charge in [0.2, 0.25) is 6.10 Å². The Balaban J connectivity index is 0.00000243. The first-order chi connectivity index (χ1) is 12.1. The second-order valence-electron chi connectivity index (χ2n) is 6.62. The molecule has 1 heterocycles. The molecule has 0 radical (unpaired) electrons. The van der Waals surface area contributed by atoms with E-state index in [0.717, 1.165) is 42.4 Å². The Morgan fingerprint density at radius 2 is 1.88 bits per heavy atom. The van der Waals surface area contributed by atoms with Crippen LogP contribution < -0.4 is 22.6 Å². The quantitative estimate of drug-likeness (QED) is 0.717. The van der Waals surface area contributed by atoms with Crippen molar-refractivity contribution < 1.29 is 26.8 Å². The first-order valence-corrected chi connectivity index (χ1v) is 8.90. The fourth-order valence-corrected chi connectivity index (χ4v) is 3.65. The lowest BCUT2D eigenvalue weighted by Gasteiger charge is -2.44. The summed E-state index contributed by atoms with van der Waals surface area (Å²) in [5, 5.41) is 4.96. The van der Waals surface area contributed by atoms with E-state index in [9.17, 15) is 4.79 Å². The molecule has 1 fully saturated rings. The van der Waals surface area contributed by atoms with Crippen LogP contribution in [0.25, 0.3) is 10.8 Å². The summed E-state index contributed by atoms with van der Waals surface area (Å²) in [6.07, 6.45) is 7.14. The van der Waals surface area contributed by atoms with Gasteiger partial charge in [-0.15, -0.1) is 6.42 Å². The van der Waals surface area contributed by atoms with E-state index < -0.39 is 6.09 Å². The lowest BCUT2D eigenvalue weighted by atomic mass is 9.88. The highest BCUT2D eigenvalue weighted by molar-refractivity contribution is 6.00. The summed E-state index contributed by atoms with van der Waals surface area (Å²) in [6, 6.07) is 13.8. The maximum absolute atomic E-state index is 12.2.